The molecule has 1 aliphatic rings. The molecule has 1 saturated heterocycles. The molecule has 2 nitrogen and oxygen atoms in total. The lowest BCUT2D eigenvalue weighted by Crippen LogP contribution is -2.16. The van der Waals surface area contributed by atoms with E-state index in [0.717, 1.165) is 17.6 Å². The number of nitrogens with one attached hydrogen (secondary N) is 1. The van der Waals surface area contributed by atoms with Gasteiger partial charge in [0.05, 0.1) is 16.1 Å². The maximum absolute atomic E-state index is 13.6. The number of aromatic nitrogens is 2. The van der Waals surface area contributed by atoms with Gasteiger partial charge in [-0.1, -0.05) is 11.6 Å². The van der Waals surface area contributed by atoms with Crippen LogP contribution in [0.5, 0.6) is 0 Å². The van der Waals surface area contributed by atoms with E-state index in [4.69, 9.17) is 23.8 Å². The van der Waals surface area contributed by atoms with Crippen molar-refractivity contribution in [2.24, 2.45) is 5.92 Å². The van der Waals surface area contributed by atoms with E-state index in [2.05, 4.69) is 4.98 Å². The molecule has 0 spiro atoms. The molecule has 1 N–H and O–H groups in total. The second-order valence-corrected chi connectivity index (χ2v) is 6.90. The van der Waals surface area contributed by atoms with Crippen LogP contribution in [0.3, 0.4) is 0 Å². The van der Waals surface area contributed by atoms with Crippen molar-refractivity contribution < 1.29 is 4.39 Å². The van der Waals surface area contributed by atoms with Crippen LogP contribution in [0.2, 0.25) is 5.02 Å². The zero-order valence-electron chi connectivity index (χ0n) is 10.3. The van der Waals surface area contributed by atoms with Gasteiger partial charge in [0.2, 0.25) is 0 Å². The number of imidazole rings is 1. The molecule has 6 heteroatoms. The Labute approximate surface area is 125 Å². The van der Waals surface area contributed by atoms with Crippen molar-refractivity contribution in [2.75, 3.05) is 11.5 Å². The zero-order valence-corrected chi connectivity index (χ0v) is 12.7. The first-order chi connectivity index (χ1) is 9.15. The Morgan fingerprint density at radius 1 is 1.42 bits per heavy atom. The summed E-state index contributed by atoms with van der Waals surface area (Å²) in [5.41, 5.74) is 1.62. The van der Waals surface area contributed by atoms with Crippen LogP contribution in [-0.2, 0) is 6.54 Å². The molecule has 0 radical (unpaired) electrons. The first-order valence-corrected chi connectivity index (χ1v) is 8.24. The molecule has 0 saturated carbocycles. The maximum Gasteiger partial charge on any atom is 0.178 e. The van der Waals surface area contributed by atoms with Crippen molar-refractivity contribution >= 4 is 46.6 Å². The van der Waals surface area contributed by atoms with Crippen LogP contribution in [0.25, 0.3) is 11.0 Å². The quantitative estimate of drug-likeness (QED) is 0.815. The summed E-state index contributed by atoms with van der Waals surface area (Å²) >= 11 is 13.1. The highest BCUT2D eigenvalue weighted by Crippen LogP contribution is 2.27. The summed E-state index contributed by atoms with van der Waals surface area (Å²) in [6.45, 7) is 0.862. The molecule has 2 heterocycles. The lowest BCUT2D eigenvalue weighted by molar-refractivity contribution is 0.420. The van der Waals surface area contributed by atoms with Crippen LogP contribution in [0.15, 0.2) is 12.1 Å². The number of hydrogen-bond donors (Lipinski definition) is 1. The fourth-order valence-corrected chi connectivity index (χ4v) is 4.17. The van der Waals surface area contributed by atoms with E-state index in [1.54, 1.807) is 6.07 Å². The van der Waals surface area contributed by atoms with Crippen LogP contribution < -0.4 is 0 Å². The fourth-order valence-electron chi connectivity index (χ4n) is 2.52. The standard InChI is InChI=1S/C13H14ClFN2S2/c14-9-5-11-12(6-10(9)15)17(13(18)16-11)7-8-1-3-19-4-2-8/h5-6,8H,1-4,7H2,(H,16,18). The summed E-state index contributed by atoms with van der Waals surface area (Å²) in [5.74, 6) is 2.66. The highest BCUT2D eigenvalue weighted by atomic mass is 35.5. The number of benzene rings is 1. The second kappa shape index (κ2) is 5.46. The molecule has 1 aromatic carbocycles. The smallest absolute Gasteiger partial charge is 0.178 e. The van der Waals surface area contributed by atoms with Gasteiger partial charge in [-0.25, -0.2) is 4.39 Å². The van der Waals surface area contributed by atoms with E-state index in [0.29, 0.717) is 10.7 Å². The van der Waals surface area contributed by atoms with E-state index in [9.17, 15) is 4.39 Å². The average Bonchev–Trinajstić information content (AvgIpc) is 2.68. The first-order valence-electron chi connectivity index (χ1n) is 6.30. The SMILES string of the molecule is Fc1cc2c(cc1Cl)[nH]c(=S)n2CC1CCSCC1. The second-order valence-electron chi connectivity index (χ2n) is 4.88. The summed E-state index contributed by atoms with van der Waals surface area (Å²) in [7, 11) is 0. The molecule has 2 aromatic rings. The third kappa shape index (κ3) is 2.69. The van der Waals surface area contributed by atoms with Gasteiger partial charge < -0.3 is 9.55 Å². The van der Waals surface area contributed by atoms with Crippen molar-refractivity contribution in [1.82, 2.24) is 9.55 Å². The van der Waals surface area contributed by atoms with Gasteiger partial charge in [0.25, 0.3) is 0 Å². The van der Waals surface area contributed by atoms with Crippen LogP contribution in [0.4, 0.5) is 4.39 Å². The minimum Gasteiger partial charge on any atom is -0.331 e. The molecule has 1 aliphatic heterocycles. The van der Waals surface area contributed by atoms with Gasteiger partial charge in [-0.05, 0) is 48.5 Å². The Morgan fingerprint density at radius 2 is 2.16 bits per heavy atom. The molecule has 1 fully saturated rings. The zero-order chi connectivity index (χ0) is 13.4. The highest BCUT2D eigenvalue weighted by molar-refractivity contribution is 7.99. The van der Waals surface area contributed by atoms with Crippen LogP contribution >= 0.6 is 35.6 Å². The molecule has 19 heavy (non-hydrogen) atoms. The van der Waals surface area contributed by atoms with Gasteiger partial charge in [0.15, 0.2) is 4.77 Å². The lowest BCUT2D eigenvalue weighted by Gasteiger charge is -2.21. The van der Waals surface area contributed by atoms with Gasteiger partial charge in [0, 0.05) is 12.6 Å². The molecule has 0 amide bonds. The van der Waals surface area contributed by atoms with Crippen LogP contribution in [0.1, 0.15) is 12.8 Å². The summed E-state index contributed by atoms with van der Waals surface area (Å²) in [5, 5.41) is 0.130. The van der Waals surface area contributed by atoms with Crippen molar-refractivity contribution in [3.63, 3.8) is 0 Å². The van der Waals surface area contributed by atoms with E-state index in [1.165, 1.54) is 30.4 Å². The molecular weight excluding hydrogens is 303 g/mol. The Bertz CT molecular complexity index is 658. The molecule has 0 atom stereocenters. The van der Waals surface area contributed by atoms with E-state index in [-0.39, 0.29) is 5.02 Å². The van der Waals surface area contributed by atoms with Gasteiger partial charge in [-0.3, -0.25) is 0 Å². The Kier molecular flexibility index (Phi) is 3.87. The minimum atomic E-state index is -0.392. The highest BCUT2D eigenvalue weighted by Gasteiger charge is 2.17. The molecule has 0 aliphatic carbocycles. The summed E-state index contributed by atoms with van der Waals surface area (Å²) in [6, 6.07) is 3.08. The number of thioether (sulfide) groups is 1. The maximum atomic E-state index is 13.6. The van der Waals surface area contributed by atoms with Gasteiger partial charge in [-0.2, -0.15) is 11.8 Å². The van der Waals surface area contributed by atoms with Gasteiger partial charge >= 0.3 is 0 Å². The Morgan fingerprint density at radius 3 is 2.89 bits per heavy atom. The predicted molar refractivity (Wildman–Crippen MR) is 82.1 cm³/mol. The van der Waals surface area contributed by atoms with Crippen LogP contribution in [0, 0.1) is 16.5 Å². The van der Waals surface area contributed by atoms with Crippen molar-refractivity contribution in [3.05, 3.63) is 27.7 Å². The third-order valence-corrected chi connectivity index (χ3v) is 5.26. The van der Waals surface area contributed by atoms with Crippen molar-refractivity contribution in [3.8, 4) is 0 Å². The topological polar surface area (TPSA) is 20.7 Å². The van der Waals surface area contributed by atoms with Gasteiger partial charge in [-0.15, -0.1) is 0 Å². The molecule has 0 unspecified atom stereocenters. The number of H-pyrrole nitrogens is 1. The van der Waals surface area contributed by atoms with E-state index in [1.807, 2.05) is 16.3 Å². The van der Waals surface area contributed by atoms with Crippen molar-refractivity contribution in [2.45, 2.75) is 19.4 Å². The molecule has 3 rings (SSSR count). The lowest BCUT2D eigenvalue weighted by atomic mass is 10.0. The minimum absolute atomic E-state index is 0.130. The van der Waals surface area contributed by atoms with E-state index < -0.39 is 5.82 Å². The third-order valence-electron chi connectivity index (χ3n) is 3.60. The van der Waals surface area contributed by atoms with Crippen LogP contribution in [-0.4, -0.2) is 21.1 Å². The largest absolute Gasteiger partial charge is 0.331 e. The van der Waals surface area contributed by atoms with Gasteiger partial charge in [0.1, 0.15) is 5.82 Å². The monoisotopic (exact) mass is 316 g/mol. The number of nitrogens with zero attached hydrogens (tertiary/aromatic N) is 1. The summed E-state index contributed by atoms with van der Waals surface area (Å²) < 4.78 is 16.3. The summed E-state index contributed by atoms with van der Waals surface area (Å²) in [6.07, 6.45) is 2.41. The molecule has 1 aromatic heterocycles. The number of rotatable bonds is 2. The molecule has 0 bridgehead atoms. The number of hydrogen-bond acceptors (Lipinski definition) is 2. The Hall–Kier alpha value is -0.520. The first kappa shape index (κ1) is 13.5. The average molecular weight is 317 g/mol. The Balaban J connectivity index is 2.00. The molecular formula is C13H14ClFN2S2. The van der Waals surface area contributed by atoms with E-state index >= 15 is 0 Å². The normalized spacial score (nSPS) is 17.2. The fraction of sp³-hybridized carbons (Fsp3) is 0.462. The molecule has 102 valence electrons. The number of aromatic amines is 1. The predicted octanol–water partition coefficient (Wildman–Crippen LogP) is 4.63. The summed E-state index contributed by atoms with van der Waals surface area (Å²) in [4.78, 5) is 3.11. The number of halogens is 2. The number of fused-ring (bicyclic) bond motifs is 1. The van der Waals surface area contributed by atoms with Crippen molar-refractivity contribution in [1.29, 1.82) is 0 Å².